The first-order valence-electron chi connectivity index (χ1n) is 8.98. The lowest BCUT2D eigenvalue weighted by Crippen LogP contribution is -2.32. The molecule has 0 heterocycles. The van der Waals surface area contributed by atoms with Gasteiger partial charge in [-0.15, -0.1) is 0 Å². The Hall–Kier alpha value is -2.34. The fraction of sp³-hybridized carbons (Fsp3) is 0.250. The minimum Gasteiger partial charge on any atom is -0.0616 e. The van der Waals surface area contributed by atoms with E-state index in [4.69, 9.17) is 0 Å². The van der Waals surface area contributed by atoms with E-state index in [9.17, 15) is 0 Å². The van der Waals surface area contributed by atoms with Crippen molar-refractivity contribution in [3.8, 4) is 0 Å². The Balaban J connectivity index is 1.81. The number of hydrogen-bond donors (Lipinski definition) is 0. The molecule has 0 aromatic heterocycles. The van der Waals surface area contributed by atoms with Crippen LogP contribution in [-0.4, -0.2) is 0 Å². The molecular formula is C24H22. The van der Waals surface area contributed by atoms with E-state index in [-0.39, 0.29) is 0 Å². The molecule has 4 aromatic carbocycles. The minimum atomic E-state index is 0.449. The highest BCUT2D eigenvalue weighted by atomic mass is 14.4. The predicted molar refractivity (Wildman–Crippen MR) is 105 cm³/mol. The zero-order valence-corrected chi connectivity index (χ0v) is 14.3. The predicted octanol–water partition coefficient (Wildman–Crippen LogP) is 7.05. The van der Waals surface area contributed by atoms with Crippen LogP contribution in [0, 0.1) is 5.41 Å². The van der Waals surface area contributed by atoms with Gasteiger partial charge in [0.2, 0.25) is 0 Å². The van der Waals surface area contributed by atoms with Gasteiger partial charge < -0.3 is 0 Å². The maximum absolute atomic E-state index is 2.46. The third-order valence-electron chi connectivity index (χ3n) is 6.19. The summed E-state index contributed by atoms with van der Waals surface area (Å²) in [4.78, 5) is 0. The standard InChI is InChI=1S/C24H22/c1-24(2)14-13-23(24)18-8-7-17-10-11-20-19-6-4-3-5-16(19)9-12-21(20)22(17)15-18/h3-12,15,23H,13-14H2,1-2H3. The van der Waals surface area contributed by atoms with Crippen LogP contribution >= 0.6 is 0 Å². The number of fused-ring (bicyclic) bond motifs is 5. The van der Waals surface area contributed by atoms with Crippen LogP contribution in [0.25, 0.3) is 32.3 Å². The average molecular weight is 310 g/mol. The Morgan fingerprint density at radius 1 is 0.708 bits per heavy atom. The van der Waals surface area contributed by atoms with E-state index in [0.29, 0.717) is 11.3 Å². The molecule has 0 spiro atoms. The molecule has 4 aromatic rings. The summed E-state index contributed by atoms with van der Waals surface area (Å²) < 4.78 is 0. The van der Waals surface area contributed by atoms with Gasteiger partial charge in [0, 0.05) is 0 Å². The Morgan fingerprint density at radius 2 is 1.38 bits per heavy atom. The van der Waals surface area contributed by atoms with Crippen LogP contribution < -0.4 is 0 Å². The maximum Gasteiger partial charge on any atom is -0.00989 e. The van der Waals surface area contributed by atoms with Crippen LogP contribution in [0.3, 0.4) is 0 Å². The lowest BCUT2D eigenvalue weighted by molar-refractivity contribution is 0.140. The van der Waals surface area contributed by atoms with E-state index in [1.807, 2.05) is 0 Å². The maximum atomic E-state index is 2.46. The summed E-state index contributed by atoms with van der Waals surface area (Å²) in [5.74, 6) is 0.706. The summed E-state index contributed by atoms with van der Waals surface area (Å²) in [6.45, 7) is 4.81. The highest BCUT2D eigenvalue weighted by Gasteiger charge is 2.39. The average Bonchev–Trinajstić information content (AvgIpc) is 2.60. The second-order valence-electron chi connectivity index (χ2n) is 8.01. The molecule has 5 rings (SSSR count). The summed E-state index contributed by atoms with van der Waals surface area (Å²) in [5.41, 5.74) is 1.96. The van der Waals surface area contributed by atoms with Gasteiger partial charge in [-0.25, -0.2) is 0 Å². The molecule has 0 nitrogen and oxygen atoms in total. The van der Waals surface area contributed by atoms with Gasteiger partial charge in [-0.1, -0.05) is 80.6 Å². The van der Waals surface area contributed by atoms with Gasteiger partial charge in [0.15, 0.2) is 0 Å². The lowest BCUT2D eigenvalue weighted by atomic mass is 9.60. The molecule has 118 valence electrons. The summed E-state index contributed by atoms with van der Waals surface area (Å²) in [5, 5.41) is 8.17. The number of hydrogen-bond acceptors (Lipinski definition) is 0. The van der Waals surface area contributed by atoms with Gasteiger partial charge in [-0.2, -0.15) is 0 Å². The molecule has 1 atom stereocenters. The Morgan fingerprint density at radius 3 is 2.08 bits per heavy atom. The van der Waals surface area contributed by atoms with E-state index in [2.05, 4.69) is 80.6 Å². The zero-order chi connectivity index (χ0) is 16.3. The SMILES string of the molecule is CC1(C)CCC1c1ccc2ccc3c4ccccc4ccc3c2c1. The third kappa shape index (κ3) is 1.92. The summed E-state index contributed by atoms with van der Waals surface area (Å²) in [6, 6.07) is 24.9. The Bertz CT molecular complexity index is 1090. The van der Waals surface area contributed by atoms with Gasteiger partial charge in [-0.3, -0.25) is 0 Å². The molecule has 1 fully saturated rings. The molecular weight excluding hydrogens is 288 g/mol. The highest BCUT2D eigenvalue weighted by molar-refractivity contribution is 6.17. The fourth-order valence-corrected chi connectivity index (χ4v) is 4.54. The quantitative estimate of drug-likeness (QED) is 0.330. The molecule has 1 aliphatic carbocycles. The monoisotopic (exact) mass is 310 g/mol. The van der Waals surface area contributed by atoms with Crippen molar-refractivity contribution in [3.05, 3.63) is 72.3 Å². The second-order valence-corrected chi connectivity index (χ2v) is 8.01. The van der Waals surface area contributed by atoms with Crippen molar-refractivity contribution in [3.63, 3.8) is 0 Å². The fourth-order valence-electron chi connectivity index (χ4n) is 4.54. The first-order chi connectivity index (χ1) is 11.6. The Labute approximate surface area is 143 Å². The van der Waals surface area contributed by atoms with Gasteiger partial charge in [0.05, 0.1) is 0 Å². The largest absolute Gasteiger partial charge is 0.0616 e. The first-order valence-corrected chi connectivity index (χ1v) is 8.98. The molecule has 0 N–H and O–H groups in total. The van der Waals surface area contributed by atoms with Crippen molar-refractivity contribution in [2.75, 3.05) is 0 Å². The van der Waals surface area contributed by atoms with Crippen LogP contribution in [0.2, 0.25) is 0 Å². The molecule has 0 bridgehead atoms. The van der Waals surface area contributed by atoms with Gasteiger partial charge in [-0.05, 0) is 62.1 Å². The highest BCUT2D eigenvalue weighted by Crippen LogP contribution is 2.52. The molecule has 24 heavy (non-hydrogen) atoms. The van der Waals surface area contributed by atoms with Crippen molar-refractivity contribution in [2.45, 2.75) is 32.6 Å². The lowest BCUT2D eigenvalue weighted by Gasteiger charge is -2.45. The van der Waals surface area contributed by atoms with E-state index < -0.39 is 0 Å². The van der Waals surface area contributed by atoms with Crippen molar-refractivity contribution in [2.24, 2.45) is 5.41 Å². The van der Waals surface area contributed by atoms with Crippen LogP contribution in [0.4, 0.5) is 0 Å². The normalized spacial score (nSPS) is 19.7. The second kappa shape index (κ2) is 4.83. The van der Waals surface area contributed by atoms with Crippen LogP contribution in [0.1, 0.15) is 38.2 Å². The molecule has 1 saturated carbocycles. The molecule has 0 saturated heterocycles. The molecule has 1 unspecified atom stereocenters. The molecule has 1 aliphatic rings. The summed E-state index contributed by atoms with van der Waals surface area (Å²) in [6.07, 6.45) is 2.67. The van der Waals surface area contributed by atoms with Crippen molar-refractivity contribution in [1.29, 1.82) is 0 Å². The van der Waals surface area contributed by atoms with Crippen molar-refractivity contribution >= 4 is 32.3 Å². The number of benzene rings is 4. The van der Waals surface area contributed by atoms with Gasteiger partial charge >= 0.3 is 0 Å². The minimum absolute atomic E-state index is 0.449. The van der Waals surface area contributed by atoms with Crippen molar-refractivity contribution < 1.29 is 0 Å². The van der Waals surface area contributed by atoms with Crippen LogP contribution in [-0.2, 0) is 0 Å². The molecule has 0 radical (unpaired) electrons. The molecule has 0 amide bonds. The summed E-state index contributed by atoms with van der Waals surface area (Å²) >= 11 is 0. The smallest absolute Gasteiger partial charge is 0.00989 e. The van der Waals surface area contributed by atoms with Gasteiger partial charge in [0.25, 0.3) is 0 Å². The third-order valence-corrected chi connectivity index (χ3v) is 6.19. The van der Waals surface area contributed by atoms with E-state index in [1.54, 1.807) is 0 Å². The van der Waals surface area contributed by atoms with Crippen molar-refractivity contribution in [1.82, 2.24) is 0 Å². The topological polar surface area (TPSA) is 0 Å². The van der Waals surface area contributed by atoms with Gasteiger partial charge in [0.1, 0.15) is 0 Å². The Kier molecular flexibility index (Phi) is 2.83. The molecule has 0 heteroatoms. The molecule has 0 aliphatic heterocycles. The number of rotatable bonds is 1. The van der Waals surface area contributed by atoms with Crippen LogP contribution in [0.15, 0.2) is 66.7 Å². The van der Waals surface area contributed by atoms with E-state index >= 15 is 0 Å². The van der Waals surface area contributed by atoms with E-state index in [1.165, 1.54) is 50.7 Å². The first kappa shape index (κ1) is 14.0. The summed E-state index contributed by atoms with van der Waals surface area (Å²) in [7, 11) is 0. The van der Waals surface area contributed by atoms with Crippen LogP contribution in [0.5, 0.6) is 0 Å². The zero-order valence-electron chi connectivity index (χ0n) is 14.3. The van der Waals surface area contributed by atoms with E-state index in [0.717, 1.165) is 0 Å².